The van der Waals surface area contributed by atoms with Crippen molar-refractivity contribution in [1.82, 2.24) is 0 Å². The lowest BCUT2D eigenvalue weighted by atomic mass is 10.2. The van der Waals surface area contributed by atoms with Crippen LogP contribution in [0.15, 0.2) is 40.9 Å². The van der Waals surface area contributed by atoms with Crippen molar-refractivity contribution in [3.63, 3.8) is 0 Å². The summed E-state index contributed by atoms with van der Waals surface area (Å²) in [7, 11) is 3.28. The topological polar surface area (TPSA) is 30.5 Å². The van der Waals surface area contributed by atoms with Crippen LogP contribution in [-0.4, -0.2) is 14.2 Å². The molecule has 0 radical (unpaired) electrons. The van der Waals surface area contributed by atoms with Gasteiger partial charge in [0, 0.05) is 22.8 Å². The minimum absolute atomic E-state index is 0.585. The van der Waals surface area contributed by atoms with Gasteiger partial charge in [-0.3, -0.25) is 0 Å². The van der Waals surface area contributed by atoms with Crippen LogP contribution in [0.2, 0.25) is 5.02 Å². The van der Waals surface area contributed by atoms with Crippen molar-refractivity contribution < 1.29 is 9.47 Å². The molecule has 20 heavy (non-hydrogen) atoms. The number of rotatable bonds is 5. The van der Waals surface area contributed by atoms with Crippen LogP contribution >= 0.6 is 27.5 Å². The van der Waals surface area contributed by atoms with Gasteiger partial charge >= 0.3 is 0 Å². The van der Waals surface area contributed by atoms with Gasteiger partial charge in [0.25, 0.3) is 0 Å². The minimum atomic E-state index is 0.585. The highest BCUT2D eigenvalue weighted by Gasteiger charge is 2.08. The van der Waals surface area contributed by atoms with Crippen LogP contribution in [0.1, 0.15) is 5.56 Å². The summed E-state index contributed by atoms with van der Waals surface area (Å²) in [5.74, 6) is 1.57. The van der Waals surface area contributed by atoms with Crippen molar-refractivity contribution in [2.75, 3.05) is 19.5 Å². The molecule has 3 nitrogen and oxygen atoms in total. The smallest absolute Gasteiger partial charge is 0.133 e. The molecule has 2 aromatic carbocycles. The zero-order valence-corrected chi connectivity index (χ0v) is 13.6. The second-order valence-corrected chi connectivity index (χ2v) is 5.39. The molecule has 0 saturated heterocycles. The first kappa shape index (κ1) is 15.0. The Morgan fingerprint density at radius 2 is 1.85 bits per heavy atom. The Morgan fingerprint density at radius 1 is 1.10 bits per heavy atom. The van der Waals surface area contributed by atoms with Crippen molar-refractivity contribution in [1.29, 1.82) is 0 Å². The van der Waals surface area contributed by atoms with Crippen LogP contribution in [0.4, 0.5) is 5.69 Å². The maximum Gasteiger partial charge on any atom is 0.133 e. The Morgan fingerprint density at radius 3 is 2.50 bits per heavy atom. The molecule has 0 heterocycles. The Balaban J connectivity index is 2.15. The largest absolute Gasteiger partial charge is 0.496 e. The highest BCUT2D eigenvalue weighted by molar-refractivity contribution is 9.10. The second kappa shape index (κ2) is 6.86. The molecule has 0 saturated carbocycles. The van der Waals surface area contributed by atoms with Crippen LogP contribution in [0.3, 0.4) is 0 Å². The van der Waals surface area contributed by atoms with Crippen LogP contribution in [0.25, 0.3) is 0 Å². The molecule has 0 spiro atoms. The van der Waals surface area contributed by atoms with Gasteiger partial charge in [0.2, 0.25) is 0 Å². The first-order valence-corrected chi connectivity index (χ1v) is 7.21. The highest BCUT2D eigenvalue weighted by atomic mass is 79.9. The summed E-state index contributed by atoms with van der Waals surface area (Å²) in [5.41, 5.74) is 1.91. The number of nitrogens with one attached hydrogen (secondary N) is 1. The number of benzene rings is 2. The summed E-state index contributed by atoms with van der Waals surface area (Å²) in [4.78, 5) is 0. The molecular formula is C15H15BrClNO2. The Kier molecular flexibility index (Phi) is 5.15. The van der Waals surface area contributed by atoms with Crippen LogP contribution < -0.4 is 14.8 Å². The zero-order chi connectivity index (χ0) is 14.5. The van der Waals surface area contributed by atoms with Gasteiger partial charge in [-0.15, -0.1) is 0 Å². The Hall–Kier alpha value is -1.39. The molecule has 2 aromatic rings. The maximum atomic E-state index is 6.20. The van der Waals surface area contributed by atoms with Crippen LogP contribution in [0.5, 0.6) is 11.5 Å². The number of methoxy groups -OCH3 is 2. The SMILES string of the molecule is COc1ccc(NCc2c(Cl)cccc2OC)cc1Br. The quantitative estimate of drug-likeness (QED) is 0.840. The minimum Gasteiger partial charge on any atom is -0.496 e. The van der Waals surface area contributed by atoms with E-state index in [1.165, 1.54) is 0 Å². The van der Waals surface area contributed by atoms with Gasteiger partial charge < -0.3 is 14.8 Å². The first-order chi connectivity index (χ1) is 9.65. The molecule has 0 unspecified atom stereocenters. The average molecular weight is 357 g/mol. The molecule has 0 fully saturated rings. The van der Waals surface area contributed by atoms with Crippen molar-refractivity contribution in [2.45, 2.75) is 6.54 Å². The number of hydrogen-bond acceptors (Lipinski definition) is 3. The third kappa shape index (κ3) is 3.38. The van der Waals surface area contributed by atoms with E-state index in [-0.39, 0.29) is 0 Å². The summed E-state index contributed by atoms with van der Waals surface area (Å²) < 4.78 is 11.4. The predicted molar refractivity (Wildman–Crippen MR) is 86.0 cm³/mol. The monoisotopic (exact) mass is 355 g/mol. The zero-order valence-electron chi connectivity index (χ0n) is 11.2. The van der Waals surface area contributed by atoms with Gasteiger partial charge in [-0.1, -0.05) is 17.7 Å². The lowest BCUT2D eigenvalue weighted by molar-refractivity contribution is 0.410. The summed E-state index contributed by atoms with van der Waals surface area (Å²) >= 11 is 9.66. The van der Waals surface area contributed by atoms with Crippen molar-refractivity contribution >= 4 is 33.2 Å². The third-order valence-electron chi connectivity index (χ3n) is 2.92. The number of anilines is 1. The van der Waals surface area contributed by atoms with Gasteiger partial charge in [0.05, 0.1) is 18.7 Å². The van der Waals surface area contributed by atoms with E-state index in [4.69, 9.17) is 21.1 Å². The van der Waals surface area contributed by atoms with Crippen molar-refractivity contribution in [3.8, 4) is 11.5 Å². The summed E-state index contributed by atoms with van der Waals surface area (Å²) in [6.07, 6.45) is 0. The molecule has 0 aromatic heterocycles. The molecule has 2 rings (SSSR count). The third-order valence-corrected chi connectivity index (χ3v) is 3.89. The number of hydrogen-bond donors (Lipinski definition) is 1. The first-order valence-electron chi connectivity index (χ1n) is 6.04. The van der Waals surface area contributed by atoms with E-state index in [1.807, 2.05) is 36.4 Å². The fourth-order valence-corrected chi connectivity index (χ4v) is 2.64. The van der Waals surface area contributed by atoms with Gasteiger partial charge in [0.15, 0.2) is 0 Å². The highest BCUT2D eigenvalue weighted by Crippen LogP contribution is 2.30. The van der Waals surface area contributed by atoms with Gasteiger partial charge in [0.1, 0.15) is 11.5 Å². The normalized spacial score (nSPS) is 10.2. The Labute approximate surface area is 132 Å². The van der Waals surface area contributed by atoms with Crippen LogP contribution in [-0.2, 0) is 6.54 Å². The van der Waals surface area contributed by atoms with Gasteiger partial charge in [-0.05, 0) is 46.3 Å². The van der Waals surface area contributed by atoms with E-state index >= 15 is 0 Å². The molecule has 5 heteroatoms. The van der Waals surface area contributed by atoms with E-state index in [9.17, 15) is 0 Å². The lowest BCUT2D eigenvalue weighted by Crippen LogP contribution is -2.02. The fraction of sp³-hybridized carbons (Fsp3) is 0.200. The van der Waals surface area contributed by atoms with E-state index in [2.05, 4.69) is 21.2 Å². The van der Waals surface area contributed by atoms with E-state index in [0.717, 1.165) is 27.2 Å². The van der Waals surface area contributed by atoms with E-state index < -0.39 is 0 Å². The molecule has 0 aliphatic heterocycles. The molecule has 106 valence electrons. The maximum absolute atomic E-state index is 6.20. The molecule has 0 bridgehead atoms. The molecular weight excluding hydrogens is 342 g/mol. The second-order valence-electron chi connectivity index (χ2n) is 4.12. The molecule has 1 N–H and O–H groups in total. The van der Waals surface area contributed by atoms with Gasteiger partial charge in [-0.2, -0.15) is 0 Å². The van der Waals surface area contributed by atoms with Gasteiger partial charge in [-0.25, -0.2) is 0 Å². The predicted octanol–water partition coefficient (Wildman–Crippen LogP) is 4.73. The molecule has 0 atom stereocenters. The summed E-state index contributed by atoms with van der Waals surface area (Å²) in [5, 5.41) is 4.00. The van der Waals surface area contributed by atoms with Crippen LogP contribution in [0, 0.1) is 0 Å². The molecule has 0 aliphatic rings. The molecule has 0 aliphatic carbocycles. The lowest BCUT2D eigenvalue weighted by Gasteiger charge is -2.13. The standard InChI is InChI=1S/C15H15BrClNO2/c1-19-14-5-3-4-13(17)11(14)9-18-10-6-7-15(20-2)12(16)8-10/h3-8,18H,9H2,1-2H3. The van der Waals surface area contributed by atoms with Crippen molar-refractivity contribution in [3.05, 3.63) is 51.5 Å². The van der Waals surface area contributed by atoms with E-state index in [0.29, 0.717) is 11.6 Å². The summed E-state index contributed by atoms with van der Waals surface area (Å²) in [6, 6.07) is 11.4. The number of halogens is 2. The van der Waals surface area contributed by atoms with Crippen molar-refractivity contribution in [2.24, 2.45) is 0 Å². The fourth-order valence-electron chi connectivity index (χ4n) is 1.87. The Bertz CT molecular complexity index is 604. The van der Waals surface area contributed by atoms with E-state index in [1.54, 1.807) is 14.2 Å². The summed E-state index contributed by atoms with van der Waals surface area (Å²) in [6.45, 7) is 0.585. The number of ether oxygens (including phenoxy) is 2. The molecule has 0 amide bonds. The average Bonchev–Trinajstić information content (AvgIpc) is 2.46.